The van der Waals surface area contributed by atoms with Gasteiger partial charge in [-0.25, -0.2) is 9.50 Å². The molecule has 20 heavy (non-hydrogen) atoms. The summed E-state index contributed by atoms with van der Waals surface area (Å²) in [5, 5.41) is 7.80. The third-order valence-electron chi connectivity index (χ3n) is 2.91. The number of hydrogen-bond acceptors (Lipinski definition) is 5. The fraction of sp³-hybridized carbons (Fsp3) is 0.214. The molecule has 0 unspecified atom stereocenters. The number of hydrogen-bond donors (Lipinski definition) is 1. The van der Waals surface area contributed by atoms with E-state index in [-0.39, 0.29) is 0 Å². The number of fused-ring (bicyclic) bond motifs is 1. The van der Waals surface area contributed by atoms with Gasteiger partial charge in [-0.2, -0.15) is 0 Å². The molecule has 0 amide bonds. The highest BCUT2D eigenvalue weighted by atomic mass is 32.1. The fourth-order valence-electron chi connectivity index (χ4n) is 1.94. The number of imidazole rings is 1. The van der Waals surface area contributed by atoms with Crippen molar-refractivity contribution in [3.63, 3.8) is 0 Å². The summed E-state index contributed by atoms with van der Waals surface area (Å²) in [6, 6.07) is 7.59. The Morgan fingerprint density at radius 1 is 1.35 bits per heavy atom. The maximum Gasteiger partial charge on any atom is 0.160 e. The summed E-state index contributed by atoms with van der Waals surface area (Å²) in [7, 11) is 0. The third kappa shape index (κ3) is 2.30. The SMILES string of the molecule is CCCNc1ccc2ncc(-c3ccc(C=O)s3)n2n1. The van der Waals surface area contributed by atoms with Gasteiger partial charge in [-0.1, -0.05) is 6.92 Å². The summed E-state index contributed by atoms with van der Waals surface area (Å²) in [5.41, 5.74) is 1.70. The Morgan fingerprint density at radius 2 is 2.25 bits per heavy atom. The average molecular weight is 286 g/mol. The molecule has 0 fully saturated rings. The summed E-state index contributed by atoms with van der Waals surface area (Å²) in [4.78, 5) is 16.8. The first kappa shape index (κ1) is 12.8. The molecule has 0 saturated heterocycles. The lowest BCUT2D eigenvalue weighted by molar-refractivity contribution is 0.112. The van der Waals surface area contributed by atoms with E-state index >= 15 is 0 Å². The van der Waals surface area contributed by atoms with E-state index in [0.29, 0.717) is 4.88 Å². The molecular formula is C14H14N4OS. The zero-order valence-corrected chi connectivity index (χ0v) is 11.9. The van der Waals surface area contributed by atoms with Crippen LogP contribution < -0.4 is 5.32 Å². The van der Waals surface area contributed by atoms with Gasteiger partial charge in [-0.3, -0.25) is 4.79 Å². The summed E-state index contributed by atoms with van der Waals surface area (Å²) in [6.45, 7) is 3.00. The van der Waals surface area contributed by atoms with Gasteiger partial charge in [-0.05, 0) is 30.7 Å². The molecule has 0 aliphatic heterocycles. The zero-order valence-electron chi connectivity index (χ0n) is 11.0. The van der Waals surface area contributed by atoms with Crippen LogP contribution in [0.1, 0.15) is 23.0 Å². The van der Waals surface area contributed by atoms with Gasteiger partial charge in [0.25, 0.3) is 0 Å². The summed E-state index contributed by atoms with van der Waals surface area (Å²) in [5.74, 6) is 0.825. The largest absolute Gasteiger partial charge is 0.369 e. The van der Waals surface area contributed by atoms with Crippen LogP contribution in [0.3, 0.4) is 0 Å². The molecule has 3 heterocycles. The quantitative estimate of drug-likeness (QED) is 0.732. The van der Waals surface area contributed by atoms with Crippen LogP contribution in [0.25, 0.3) is 16.2 Å². The molecule has 0 aliphatic rings. The van der Waals surface area contributed by atoms with Crippen molar-refractivity contribution < 1.29 is 4.79 Å². The molecule has 5 nitrogen and oxygen atoms in total. The Balaban J connectivity index is 2.04. The minimum absolute atomic E-state index is 0.704. The highest BCUT2D eigenvalue weighted by molar-refractivity contribution is 7.17. The number of aromatic nitrogens is 3. The number of nitrogens with one attached hydrogen (secondary N) is 1. The standard InChI is InChI=1S/C14H14N4OS/c1-2-7-15-13-5-6-14-16-8-11(18(14)17-13)12-4-3-10(9-19)20-12/h3-6,8-9H,2,7H2,1H3,(H,15,17). The fourth-order valence-corrected chi connectivity index (χ4v) is 2.76. The van der Waals surface area contributed by atoms with Crippen molar-refractivity contribution in [1.29, 1.82) is 0 Å². The van der Waals surface area contributed by atoms with Crippen LogP contribution in [-0.4, -0.2) is 27.4 Å². The van der Waals surface area contributed by atoms with Crippen LogP contribution in [0, 0.1) is 0 Å². The molecule has 6 heteroatoms. The van der Waals surface area contributed by atoms with Crippen LogP contribution in [0.2, 0.25) is 0 Å². The van der Waals surface area contributed by atoms with Gasteiger partial charge in [-0.15, -0.1) is 16.4 Å². The van der Waals surface area contributed by atoms with Gasteiger partial charge < -0.3 is 5.32 Å². The van der Waals surface area contributed by atoms with E-state index in [1.165, 1.54) is 11.3 Å². The van der Waals surface area contributed by atoms with Gasteiger partial charge in [0.15, 0.2) is 11.9 Å². The van der Waals surface area contributed by atoms with Gasteiger partial charge in [0.05, 0.1) is 16.0 Å². The zero-order chi connectivity index (χ0) is 13.9. The van der Waals surface area contributed by atoms with Crippen molar-refractivity contribution in [3.05, 3.63) is 35.3 Å². The normalized spacial score (nSPS) is 10.8. The molecule has 0 atom stereocenters. The molecule has 102 valence electrons. The molecular weight excluding hydrogens is 272 g/mol. The number of aldehydes is 1. The molecule has 3 aromatic heterocycles. The molecule has 0 saturated carbocycles. The molecule has 0 aromatic carbocycles. The van der Waals surface area contributed by atoms with Crippen LogP contribution in [-0.2, 0) is 0 Å². The van der Waals surface area contributed by atoms with E-state index < -0.39 is 0 Å². The molecule has 3 rings (SSSR count). The van der Waals surface area contributed by atoms with Crippen molar-refractivity contribution in [2.75, 3.05) is 11.9 Å². The van der Waals surface area contributed by atoms with Crippen molar-refractivity contribution in [1.82, 2.24) is 14.6 Å². The average Bonchev–Trinajstić information content (AvgIpc) is 3.10. The van der Waals surface area contributed by atoms with Crippen molar-refractivity contribution in [2.45, 2.75) is 13.3 Å². The van der Waals surface area contributed by atoms with Crippen LogP contribution in [0.4, 0.5) is 5.82 Å². The highest BCUT2D eigenvalue weighted by Crippen LogP contribution is 2.27. The first-order valence-corrected chi connectivity index (χ1v) is 7.27. The molecule has 0 radical (unpaired) electrons. The minimum Gasteiger partial charge on any atom is -0.369 e. The number of nitrogens with zero attached hydrogens (tertiary/aromatic N) is 3. The Labute approximate surface area is 120 Å². The number of thiophene rings is 1. The number of rotatable bonds is 5. The highest BCUT2D eigenvalue weighted by Gasteiger charge is 2.10. The minimum atomic E-state index is 0.704. The Hall–Kier alpha value is -2.21. The second-order valence-electron chi connectivity index (χ2n) is 4.38. The molecule has 0 spiro atoms. The number of carbonyl (C=O) groups is 1. The first-order valence-electron chi connectivity index (χ1n) is 6.46. The van der Waals surface area contributed by atoms with E-state index in [0.717, 1.165) is 41.3 Å². The van der Waals surface area contributed by atoms with Crippen molar-refractivity contribution in [3.8, 4) is 10.6 Å². The molecule has 0 bridgehead atoms. The second-order valence-corrected chi connectivity index (χ2v) is 5.49. The summed E-state index contributed by atoms with van der Waals surface area (Å²) in [6.07, 6.45) is 3.69. The topological polar surface area (TPSA) is 59.3 Å². The monoisotopic (exact) mass is 286 g/mol. The second kappa shape index (κ2) is 5.42. The number of carbonyl (C=O) groups excluding carboxylic acids is 1. The van der Waals surface area contributed by atoms with E-state index in [9.17, 15) is 4.79 Å². The van der Waals surface area contributed by atoms with Gasteiger partial charge in [0.1, 0.15) is 11.5 Å². The van der Waals surface area contributed by atoms with Gasteiger partial charge >= 0.3 is 0 Å². The Morgan fingerprint density at radius 3 is 3.00 bits per heavy atom. The van der Waals surface area contributed by atoms with Crippen LogP contribution >= 0.6 is 11.3 Å². The van der Waals surface area contributed by atoms with Gasteiger partial charge in [0, 0.05) is 6.54 Å². The lowest BCUT2D eigenvalue weighted by atomic mass is 10.3. The van der Waals surface area contributed by atoms with E-state index in [4.69, 9.17) is 0 Å². The van der Waals surface area contributed by atoms with Crippen LogP contribution in [0.5, 0.6) is 0 Å². The van der Waals surface area contributed by atoms with Gasteiger partial charge in [0.2, 0.25) is 0 Å². The molecule has 1 N–H and O–H groups in total. The summed E-state index contributed by atoms with van der Waals surface area (Å²) < 4.78 is 1.80. The predicted molar refractivity (Wildman–Crippen MR) is 80.5 cm³/mol. The summed E-state index contributed by atoms with van der Waals surface area (Å²) >= 11 is 1.44. The maximum atomic E-state index is 10.8. The number of anilines is 1. The smallest absolute Gasteiger partial charge is 0.160 e. The third-order valence-corrected chi connectivity index (χ3v) is 3.95. The van der Waals surface area contributed by atoms with Crippen molar-refractivity contribution in [2.24, 2.45) is 0 Å². The lowest BCUT2D eigenvalue weighted by Gasteiger charge is -2.04. The Bertz CT molecular complexity index is 747. The lowest BCUT2D eigenvalue weighted by Crippen LogP contribution is -2.04. The first-order chi connectivity index (χ1) is 9.81. The van der Waals surface area contributed by atoms with E-state index in [1.807, 2.05) is 24.3 Å². The molecule has 0 aliphatic carbocycles. The van der Waals surface area contributed by atoms with Crippen molar-refractivity contribution >= 4 is 29.1 Å². The van der Waals surface area contributed by atoms with Crippen LogP contribution in [0.15, 0.2) is 30.5 Å². The maximum absolute atomic E-state index is 10.8. The molecule has 3 aromatic rings. The van der Waals surface area contributed by atoms with E-state index in [1.54, 1.807) is 10.7 Å². The predicted octanol–water partition coefficient (Wildman–Crippen LogP) is 3.09. The van der Waals surface area contributed by atoms with E-state index in [2.05, 4.69) is 22.3 Å². The Kier molecular flexibility index (Phi) is 3.47.